The average Bonchev–Trinajstić information content (AvgIpc) is 3.48. The number of aryl methyl sites for hydroxylation is 1. The van der Waals surface area contributed by atoms with Crippen LogP contribution in [-0.4, -0.2) is 32.7 Å². The van der Waals surface area contributed by atoms with Gasteiger partial charge in [-0.2, -0.15) is 0 Å². The molecule has 1 aromatic heterocycles. The Morgan fingerprint density at radius 1 is 1.03 bits per heavy atom. The first kappa shape index (κ1) is 23.5. The van der Waals surface area contributed by atoms with Crippen molar-refractivity contribution in [3.8, 4) is 10.6 Å². The number of benzene rings is 3. The SMILES string of the molecule is Cc1ccc(-c2nnc(NC(=O)c3ccc(C4SCC(=O)N4Cc4ccc(Cl)cc4)cc3)s2)cc1. The molecule has 2 amide bonds. The Balaban J connectivity index is 1.26. The maximum Gasteiger partial charge on any atom is 0.257 e. The number of aromatic nitrogens is 2. The first-order valence-corrected chi connectivity index (χ1v) is 13.2. The number of rotatable bonds is 6. The minimum Gasteiger partial charge on any atom is -0.322 e. The van der Waals surface area contributed by atoms with Crippen molar-refractivity contribution in [1.29, 1.82) is 0 Å². The predicted octanol–water partition coefficient (Wildman–Crippen LogP) is 6.19. The first-order valence-electron chi connectivity index (χ1n) is 10.9. The summed E-state index contributed by atoms with van der Waals surface area (Å²) < 4.78 is 0. The first-order chi connectivity index (χ1) is 17.0. The van der Waals surface area contributed by atoms with E-state index in [4.69, 9.17) is 11.6 Å². The lowest BCUT2D eigenvalue weighted by molar-refractivity contribution is -0.128. The van der Waals surface area contributed by atoms with Crippen LogP contribution in [0.25, 0.3) is 10.6 Å². The Hall–Kier alpha value is -3.20. The summed E-state index contributed by atoms with van der Waals surface area (Å²) in [6.45, 7) is 2.54. The molecule has 1 unspecified atom stereocenters. The molecule has 35 heavy (non-hydrogen) atoms. The van der Waals surface area contributed by atoms with Gasteiger partial charge in [0, 0.05) is 22.7 Å². The molecule has 1 aliphatic heterocycles. The maximum absolute atomic E-state index is 12.8. The highest BCUT2D eigenvalue weighted by Crippen LogP contribution is 2.39. The molecule has 1 saturated heterocycles. The maximum atomic E-state index is 12.8. The van der Waals surface area contributed by atoms with Crippen LogP contribution in [0.4, 0.5) is 5.13 Å². The van der Waals surface area contributed by atoms with Crippen molar-refractivity contribution in [2.24, 2.45) is 0 Å². The second kappa shape index (κ2) is 10.2. The lowest BCUT2D eigenvalue weighted by Crippen LogP contribution is -2.27. The van der Waals surface area contributed by atoms with Gasteiger partial charge in [0.25, 0.3) is 5.91 Å². The summed E-state index contributed by atoms with van der Waals surface area (Å²) in [5, 5.41) is 12.9. The molecule has 1 N–H and O–H groups in total. The Bertz CT molecular complexity index is 1360. The lowest BCUT2D eigenvalue weighted by atomic mass is 10.1. The Labute approximate surface area is 216 Å². The van der Waals surface area contributed by atoms with Gasteiger partial charge in [-0.05, 0) is 42.3 Å². The van der Waals surface area contributed by atoms with E-state index < -0.39 is 0 Å². The topological polar surface area (TPSA) is 75.2 Å². The van der Waals surface area contributed by atoms with Crippen LogP contribution in [0.2, 0.25) is 5.02 Å². The van der Waals surface area contributed by atoms with E-state index >= 15 is 0 Å². The fraction of sp³-hybridized carbons (Fsp3) is 0.154. The Morgan fingerprint density at radius 2 is 1.74 bits per heavy atom. The van der Waals surface area contributed by atoms with Crippen molar-refractivity contribution in [3.05, 3.63) is 100 Å². The number of hydrogen-bond donors (Lipinski definition) is 1. The van der Waals surface area contributed by atoms with E-state index in [2.05, 4.69) is 15.5 Å². The molecule has 176 valence electrons. The van der Waals surface area contributed by atoms with Gasteiger partial charge >= 0.3 is 0 Å². The van der Waals surface area contributed by atoms with Gasteiger partial charge in [-0.1, -0.05) is 77.0 Å². The van der Waals surface area contributed by atoms with Crippen LogP contribution in [0.5, 0.6) is 0 Å². The van der Waals surface area contributed by atoms with Gasteiger partial charge in [0.2, 0.25) is 11.0 Å². The number of thioether (sulfide) groups is 1. The van der Waals surface area contributed by atoms with Gasteiger partial charge < -0.3 is 4.90 Å². The fourth-order valence-corrected chi connectivity index (χ4v) is 5.80. The molecule has 2 heterocycles. The summed E-state index contributed by atoms with van der Waals surface area (Å²) >= 11 is 8.90. The van der Waals surface area contributed by atoms with E-state index in [0.717, 1.165) is 21.7 Å². The molecule has 9 heteroatoms. The van der Waals surface area contributed by atoms with Crippen LogP contribution < -0.4 is 5.32 Å². The molecule has 0 bridgehead atoms. The number of halogens is 1. The van der Waals surface area contributed by atoms with Crippen LogP contribution >= 0.6 is 34.7 Å². The quantitative estimate of drug-likeness (QED) is 0.328. The van der Waals surface area contributed by atoms with Crippen molar-refractivity contribution in [2.75, 3.05) is 11.1 Å². The summed E-state index contributed by atoms with van der Waals surface area (Å²) in [5.41, 5.74) is 4.64. The highest BCUT2D eigenvalue weighted by Gasteiger charge is 2.32. The molecular formula is C26H21ClN4O2S2. The zero-order valence-corrected chi connectivity index (χ0v) is 21.2. The summed E-state index contributed by atoms with van der Waals surface area (Å²) in [6, 6.07) is 22.9. The second-order valence-electron chi connectivity index (χ2n) is 8.17. The minimum atomic E-state index is -0.253. The van der Waals surface area contributed by atoms with Crippen molar-refractivity contribution in [2.45, 2.75) is 18.8 Å². The van der Waals surface area contributed by atoms with Gasteiger partial charge in [-0.25, -0.2) is 0 Å². The number of nitrogens with zero attached hydrogens (tertiary/aromatic N) is 3. The molecule has 4 aromatic rings. The van der Waals surface area contributed by atoms with E-state index in [1.807, 2.05) is 72.5 Å². The highest BCUT2D eigenvalue weighted by atomic mass is 35.5. The molecule has 0 spiro atoms. The number of anilines is 1. The summed E-state index contributed by atoms with van der Waals surface area (Å²) in [7, 11) is 0. The lowest BCUT2D eigenvalue weighted by Gasteiger charge is -2.24. The number of amides is 2. The third-order valence-electron chi connectivity index (χ3n) is 5.64. The molecule has 1 atom stereocenters. The van der Waals surface area contributed by atoms with Gasteiger partial charge in [-0.3, -0.25) is 14.9 Å². The fourth-order valence-electron chi connectivity index (χ4n) is 3.74. The van der Waals surface area contributed by atoms with Crippen LogP contribution in [0, 0.1) is 6.92 Å². The standard InChI is InChI=1S/C26H21ClN4O2S2/c1-16-2-6-19(7-3-16)24-29-30-26(35-24)28-23(33)18-8-10-20(11-9-18)25-31(22(32)15-34-25)14-17-4-12-21(27)13-5-17/h2-13,25H,14-15H2,1H3,(H,28,30,33). The van der Waals surface area contributed by atoms with Crippen molar-refractivity contribution >= 4 is 51.6 Å². The van der Waals surface area contributed by atoms with Crippen LogP contribution in [-0.2, 0) is 11.3 Å². The molecule has 0 radical (unpaired) electrons. The number of carbonyl (C=O) groups excluding carboxylic acids is 2. The van der Waals surface area contributed by atoms with E-state index in [1.165, 1.54) is 16.9 Å². The smallest absolute Gasteiger partial charge is 0.257 e. The van der Waals surface area contributed by atoms with E-state index in [9.17, 15) is 9.59 Å². The minimum absolute atomic E-state index is 0.0948. The molecule has 0 aliphatic carbocycles. The molecule has 1 fully saturated rings. The normalized spacial score (nSPS) is 15.4. The van der Waals surface area contributed by atoms with Crippen LogP contribution in [0.3, 0.4) is 0 Å². The van der Waals surface area contributed by atoms with E-state index in [0.29, 0.717) is 28.0 Å². The van der Waals surface area contributed by atoms with E-state index in [-0.39, 0.29) is 17.2 Å². The molecule has 6 nitrogen and oxygen atoms in total. The molecule has 1 aliphatic rings. The van der Waals surface area contributed by atoms with E-state index in [1.54, 1.807) is 23.9 Å². The van der Waals surface area contributed by atoms with Gasteiger partial charge in [0.05, 0.1) is 5.75 Å². The Kier molecular flexibility index (Phi) is 6.86. The third-order valence-corrected chi connectivity index (χ3v) is 8.03. The highest BCUT2D eigenvalue weighted by molar-refractivity contribution is 8.00. The van der Waals surface area contributed by atoms with Crippen LogP contribution in [0.15, 0.2) is 72.8 Å². The summed E-state index contributed by atoms with van der Waals surface area (Å²) in [4.78, 5) is 27.2. The molecule has 5 rings (SSSR count). The zero-order valence-electron chi connectivity index (χ0n) is 18.8. The van der Waals surface area contributed by atoms with Crippen molar-refractivity contribution < 1.29 is 9.59 Å². The predicted molar refractivity (Wildman–Crippen MR) is 142 cm³/mol. The van der Waals surface area contributed by atoms with Gasteiger partial charge in [-0.15, -0.1) is 22.0 Å². The molecule has 3 aromatic carbocycles. The Morgan fingerprint density at radius 3 is 2.46 bits per heavy atom. The summed E-state index contributed by atoms with van der Waals surface area (Å²) in [5.74, 6) is 0.273. The average molecular weight is 521 g/mol. The molecule has 0 saturated carbocycles. The van der Waals surface area contributed by atoms with Gasteiger partial charge in [0.1, 0.15) is 10.4 Å². The second-order valence-corrected chi connectivity index (χ2v) is 10.6. The van der Waals surface area contributed by atoms with Gasteiger partial charge in [0.15, 0.2) is 0 Å². The monoisotopic (exact) mass is 520 g/mol. The number of nitrogens with one attached hydrogen (secondary N) is 1. The summed E-state index contributed by atoms with van der Waals surface area (Å²) in [6.07, 6.45) is 0. The van der Waals surface area contributed by atoms with Crippen molar-refractivity contribution in [1.82, 2.24) is 15.1 Å². The largest absolute Gasteiger partial charge is 0.322 e. The zero-order chi connectivity index (χ0) is 24.4. The number of hydrogen-bond acceptors (Lipinski definition) is 6. The van der Waals surface area contributed by atoms with Crippen LogP contribution in [0.1, 0.15) is 32.4 Å². The third kappa shape index (κ3) is 5.40. The number of carbonyl (C=O) groups is 2. The van der Waals surface area contributed by atoms with Crippen molar-refractivity contribution in [3.63, 3.8) is 0 Å². The molecular weight excluding hydrogens is 500 g/mol.